The Kier molecular flexibility index (Phi) is 7.56. The third kappa shape index (κ3) is 7.94. The Morgan fingerprint density at radius 3 is 2.81 bits per heavy atom. The van der Waals surface area contributed by atoms with Crippen LogP contribution < -0.4 is 5.32 Å². The zero-order valence-electron chi connectivity index (χ0n) is 13.8. The fourth-order valence-electron chi connectivity index (χ4n) is 1.83. The van der Waals surface area contributed by atoms with Gasteiger partial charge in [-0.1, -0.05) is 11.3 Å². The van der Waals surface area contributed by atoms with Gasteiger partial charge in [0.15, 0.2) is 0 Å². The van der Waals surface area contributed by atoms with Crippen molar-refractivity contribution < 1.29 is 4.74 Å². The number of ether oxygens (including phenoxy) is 1. The summed E-state index contributed by atoms with van der Waals surface area (Å²) >= 11 is 0. The van der Waals surface area contributed by atoms with Crippen molar-refractivity contribution in [3.8, 4) is 0 Å². The first-order chi connectivity index (χ1) is 9.94. The Hall–Kier alpha value is -1.24. The van der Waals surface area contributed by atoms with Crippen molar-refractivity contribution >= 4 is 0 Å². The van der Waals surface area contributed by atoms with Crippen LogP contribution in [0.25, 0.3) is 0 Å². The second kappa shape index (κ2) is 8.92. The molecular weight excluding hydrogens is 266 g/mol. The average molecular weight is 295 g/mol. The Morgan fingerprint density at radius 1 is 1.43 bits per heavy atom. The molecule has 0 saturated heterocycles. The van der Waals surface area contributed by atoms with E-state index >= 15 is 0 Å². The van der Waals surface area contributed by atoms with E-state index in [4.69, 9.17) is 4.74 Å². The van der Waals surface area contributed by atoms with Gasteiger partial charge in [-0.25, -0.2) is 0 Å². The van der Waals surface area contributed by atoms with Crippen molar-refractivity contribution in [1.29, 1.82) is 0 Å². The van der Waals surface area contributed by atoms with Gasteiger partial charge in [0.05, 0.1) is 18.8 Å². The fourth-order valence-corrected chi connectivity index (χ4v) is 1.83. The predicted molar refractivity (Wildman–Crippen MR) is 85.1 cm³/mol. The van der Waals surface area contributed by atoms with E-state index in [-0.39, 0.29) is 5.54 Å². The first kappa shape index (κ1) is 17.8. The Labute approximate surface area is 128 Å². The second-order valence-corrected chi connectivity index (χ2v) is 6.16. The molecule has 6 nitrogen and oxygen atoms in total. The summed E-state index contributed by atoms with van der Waals surface area (Å²) in [6.07, 6.45) is 3.91. The zero-order chi connectivity index (χ0) is 15.7. The Bertz CT molecular complexity index is 410. The highest BCUT2D eigenvalue weighted by Gasteiger charge is 2.10. The molecule has 0 bridgehead atoms. The van der Waals surface area contributed by atoms with Gasteiger partial charge in [-0.3, -0.25) is 9.58 Å². The summed E-state index contributed by atoms with van der Waals surface area (Å²) in [5.74, 6) is 0. The van der Waals surface area contributed by atoms with E-state index in [2.05, 4.69) is 47.9 Å². The van der Waals surface area contributed by atoms with Crippen LogP contribution in [0.15, 0.2) is 18.9 Å². The second-order valence-electron chi connectivity index (χ2n) is 6.16. The van der Waals surface area contributed by atoms with Gasteiger partial charge in [-0.05, 0) is 20.8 Å². The summed E-state index contributed by atoms with van der Waals surface area (Å²) in [5.41, 5.74) is 1.06. The lowest BCUT2D eigenvalue weighted by Gasteiger charge is -2.20. The van der Waals surface area contributed by atoms with Crippen molar-refractivity contribution in [3.63, 3.8) is 0 Å². The van der Waals surface area contributed by atoms with Crippen LogP contribution in [0, 0.1) is 0 Å². The van der Waals surface area contributed by atoms with Crippen LogP contribution in [0.5, 0.6) is 0 Å². The lowest BCUT2D eigenvalue weighted by molar-refractivity contribution is 0.151. The smallest absolute Gasteiger partial charge is 0.0965 e. The van der Waals surface area contributed by atoms with E-state index in [0.29, 0.717) is 0 Å². The molecule has 6 heteroatoms. The van der Waals surface area contributed by atoms with E-state index in [9.17, 15) is 0 Å². The van der Waals surface area contributed by atoms with Crippen molar-refractivity contribution in [2.75, 3.05) is 33.4 Å². The standard InChI is InChI=1S/C15H29N5O/c1-6-7-19(10-11-21-5)8-9-20-13-14(17-18-20)12-16-15(2,3)4/h6,13,16H,1,7-12H2,2-5H3. The van der Waals surface area contributed by atoms with Crippen molar-refractivity contribution in [2.24, 2.45) is 0 Å². The van der Waals surface area contributed by atoms with Crippen molar-refractivity contribution in [2.45, 2.75) is 39.4 Å². The molecule has 1 aromatic heterocycles. The van der Waals surface area contributed by atoms with Crippen LogP contribution in [0.2, 0.25) is 0 Å². The number of nitrogens with zero attached hydrogens (tertiary/aromatic N) is 4. The molecule has 0 saturated carbocycles. The van der Waals surface area contributed by atoms with Crippen LogP contribution in [0.3, 0.4) is 0 Å². The molecule has 1 heterocycles. The molecule has 1 rings (SSSR count). The molecule has 0 amide bonds. The van der Waals surface area contributed by atoms with Crippen LogP contribution >= 0.6 is 0 Å². The van der Waals surface area contributed by atoms with Gasteiger partial charge in [0.25, 0.3) is 0 Å². The summed E-state index contributed by atoms with van der Waals surface area (Å²) in [4.78, 5) is 2.28. The van der Waals surface area contributed by atoms with Crippen LogP contribution in [0.1, 0.15) is 26.5 Å². The monoisotopic (exact) mass is 295 g/mol. The van der Waals surface area contributed by atoms with Crippen molar-refractivity contribution in [3.05, 3.63) is 24.5 Å². The summed E-state index contributed by atoms with van der Waals surface area (Å²) < 4.78 is 7.01. The highest BCUT2D eigenvalue weighted by molar-refractivity contribution is 4.93. The molecule has 0 fully saturated rings. The minimum Gasteiger partial charge on any atom is -0.383 e. The molecule has 0 aromatic carbocycles. The van der Waals surface area contributed by atoms with Gasteiger partial charge < -0.3 is 10.1 Å². The molecule has 0 unspecified atom stereocenters. The number of nitrogens with one attached hydrogen (secondary N) is 1. The topological polar surface area (TPSA) is 55.2 Å². The van der Waals surface area contributed by atoms with Gasteiger partial charge in [-0.15, -0.1) is 11.7 Å². The third-order valence-electron chi connectivity index (χ3n) is 3.03. The van der Waals surface area contributed by atoms with E-state index in [1.54, 1.807) is 7.11 Å². The molecule has 0 aliphatic carbocycles. The maximum absolute atomic E-state index is 5.12. The number of hydrogen-bond donors (Lipinski definition) is 1. The molecule has 0 spiro atoms. The van der Waals surface area contributed by atoms with Crippen LogP contribution in [0.4, 0.5) is 0 Å². The molecule has 0 aliphatic rings. The minimum atomic E-state index is 0.0880. The molecule has 1 N–H and O–H groups in total. The molecule has 120 valence electrons. The zero-order valence-corrected chi connectivity index (χ0v) is 13.8. The molecule has 0 aliphatic heterocycles. The van der Waals surface area contributed by atoms with E-state index in [1.165, 1.54) is 0 Å². The summed E-state index contributed by atoms with van der Waals surface area (Å²) in [5, 5.41) is 11.8. The molecule has 21 heavy (non-hydrogen) atoms. The largest absolute Gasteiger partial charge is 0.383 e. The highest BCUT2D eigenvalue weighted by atomic mass is 16.5. The summed E-state index contributed by atoms with van der Waals surface area (Å²) in [6, 6.07) is 0. The van der Waals surface area contributed by atoms with E-state index in [1.807, 2.05) is 17.0 Å². The number of hydrogen-bond acceptors (Lipinski definition) is 5. The van der Waals surface area contributed by atoms with E-state index < -0.39 is 0 Å². The van der Waals surface area contributed by atoms with Crippen LogP contribution in [-0.4, -0.2) is 58.8 Å². The number of aromatic nitrogens is 3. The van der Waals surface area contributed by atoms with Gasteiger partial charge >= 0.3 is 0 Å². The third-order valence-corrected chi connectivity index (χ3v) is 3.03. The molecule has 0 radical (unpaired) electrons. The first-order valence-electron chi connectivity index (χ1n) is 7.41. The number of rotatable bonds is 10. The van der Waals surface area contributed by atoms with Crippen LogP contribution in [-0.2, 0) is 17.8 Å². The fraction of sp³-hybridized carbons (Fsp3) is 0.733. The normalized spacial score (nSPS) is 12.0. The molecule has 1 aromatic rings. The van der Waals surface area contributed by atoms with Gasteiger partial charge in [0.1, 0.15) is 0 Å². The van der Waals surface area contributed by atoms with Crippen molar-refractivity contribution in [1.82, 2.24) is 25.2 Å². The van der Waals surface area contributed by atoms with Gasteiger partial charge in [0, 0.05) is 45.0 Å². The first-order valence-corrected chi connectivity index (χ1v) is 7.41. The van der Waals surface area contributed by atoms with Gasteiger partial charge in [0.2, 0.25) is 0 Å². The SMILES string of the molecule is C=CCN(CCOC)CCn1cc(CNC(C)(C)C)nn1. The molecule has 0 atom stereocenters. The van der Waals surface area contributed by atoms with E-state index in [0.717, 1.165) is 45.0 Å². The minimum absolute atomic E-state index is 0.0880. The summed E-state index contributed by atoms with van der Waals surface area (Å²) in [6.45, 7) is 15.2. The maximum Gasteiger partial charge on any atom is 0.0965 e. The lowest BCUT2D eigenvalue weighted by Crippen LogP contribution is -2.35. The Morgan fingerprint density at radius 2 is 2.19 bits per heavy atom. The highest BCUT2D eigenvalue weighted by Crippen LogP contribution is 2.02. The quantitative estimate of drug-likeness (QED) is 0.659. The maximum atomic E-state index is 5.12. The number of methoxy groups -OCH3 is 1. The Balaban J connectivity index is 2.40. The van der Waals surface area contributed by atoms with Gasteiger partial charge in [-0.2, -0.15) is 0 Å². The predicted octanol–water partition coefficient (Wildman–Crippen LogP) is 1.30. The lowest BCUT2D eigenvalue weighted by atomic mass is 10.1. The summed E-state index contributed by atoms with van der Waals surface area (Å²) in [7, 11) is 1.72. The molecular formula is C15H29N5O. The average Bonchev–Trinajstić information content (AvgIpc) is 2.87.